The van der Waals surface area contributed by atoms with Gasteiger partial charge in [0, 0.05) is 39.0 Å². The summed E-state index contributed by atoms with van der Waals surface area (Å²) in [5.74, 6) is 0. The Labute approximate surface area is 199 Å². The summed E-state index contributed by atoms with van der Waals surface area (Å²) in [5.41, 5.74) is 4.11. The van der Waals surface area contributed by atoms with E-state index in [1.807, 2.05) is 60.8 Å². The average Bonchev–Trinajstić information content (AvgIpc) is 3.40. The SMILES string of the molecule is S=C1NC(c2ccccn2)C(c2cccn2-c2ccc(Br)cc2)N1c1ccc(Cl)cc1. The molecule has 2 aromatic carbocycles. The van der Waals surface area contributed by atoms with Gasteiger partial charge in [0.05, 0.1) is 11.7 Å². The van der Waals surface area contributed by atoms with Gasteiger partial charge >= 0.3 is 0 Å². The highest BCUT2D eigenvalue weighted by atomic mass is 79.9. The Morgan fingerprint density at radius 1 is 0.903 bits per heavy atom. The highest BCUT2D eigenvalue weighted by Gasteiger charge is 2.42. The summed E-state index contributed by atoms with van der Waals surface area (Å²) in [6, 6.07) is 26.0. The maximum absolute atomic E-state index is 6.15. The number of benzene rings is 2. The van der Waals surface area contributed by atoms with Crippen molar-refractivity contribution in [3.8, 4) is 5.69 Å². The summed E-state index contributed by atoms with van der Waals surface area (Å²) in [6.07, 6.45) is 3.89. The number of nitrogens with zero attached hydrogens (tertiary/aromatic N) is 3. The van der Waals surface area contributed by atoms with Crippen LogP contribution in [0.4, 0.5) is 5.69 Å². The van der Waals surface area contributed by atoms with Crippen molar-refractivity contribution in [2.24, 2.45) is 0 Å². The van der Waals surface area contributed by atoms with Gasteiger partial charge in [-0.15, -0.1) is 0 Å². The number of rotatable bonds is 4. The van der Waals surface area contributed by atoms with Crippen LogP contribution in [0.3, 0.4) is 0 Å². The first-order chi connectivity index (χ1) is 15.1. The van der Waals surface area contributed by atoms with E-state index in [-0.39, 0.29) is 12.1 Å². The first kappa shape index (κ1) is 20.2. The van der Waals surface area contributed by atoms with Crippen LogP contribution in [0.2, 0.25) is 5.02 Å². The van der Waals surface area contributed by atoms with Crippen LogP contribution >= 0.6 is 39.7 Å². The van der Waals surface area contributed by atoms with E-state index in [1.165, 1.54) is 0 Å². The first-order valence-electron chi connectivity index (χ1n) is 9.81. The molecule has 5 rings (SSSR count). The lowest BCUT2D eigenvalue weighted by molar-refractivity contribution is 0.549. The molecule has 0 amide bonds. The van der Waals surface area contributed by atoms with E-state index in [1.54, 1.807) is 0 Å². The first-order valence-corrected chi connectivity index (χ1v) is 11.4. The third-order valence-electron chi connectivity index (χ3n) is 5.39. The third-order valence-corrected chi connectivity index (χ3v) is 6.49. The molecule has 0 aliphatic carbocycles. The zero-order chi connectivity index (χ0) is 21.4. The fourth-order valence-electron chi connectivity index (χ4n) is 4.01. The Morgan fingerprint density at radius 2 is 1.65 bits per heavy atom. The Morgan fingerprint density at radius 3 is 2.35 bits per heavy atom. The van der Waals surface area contributed by atoms with Crippen molar-refractivity contribution in [1.82, 2.24) is 14.9 Å². The fourth-order valence-corrected chi connectivity index (χ4v) is 4.74. The lowest BCUT2D eigenvalue weighted by Crippen LogP contribution is -2.30. The topological polar surface area (TPSA) is 33.1 Å². The maximum atomic E-state index is 6.15. The van der Waals surface area contributed by atoms with E-state index in [2.05, 4.69) is 66.2 Å². The molecule has 4 aromatic rings. The van der Waals surface area contributed by atoms with Gasteiger partial charge in [-0.05, 0) is 85.0 Å². The second-order valence-electron chi connectivity index (χ2n) is 7.25. The van der Waals surface area contributed by atoms with Crippen molar-refractivity contribution >= 4 is 50.5 Å². The second kappa shape index (κ2) is 8.46. The van der Waals surface area contributed by atoms with Gasteiger partial charge in [-0.3, -0.25) is 4.98 Å². The van der Waals surface area contributed by atoms with Gasteiger partial charge in [-0.25, -0.2) is 0 Å². The van der Waals surface area contributed by atoms with Crippen LogP contribution in [0.25, 0.3) is 5.69 Å². The summed E-state index contributed by atoms with van der Waals surface area (Å²) in [4.78, 5) is 6.77. The summed E-state index contributed by atoms with van der Waals surface area (Å²) < 4.78 is 3.24. The van der Waals surface area contributed by atoms with Crippen LogP contribution in [-0.4, -0.2) is 14.7 Å². The zero-order valence-electron chi connectivity index (χ0n) is 16.3. The smallest absolute Gasteiger partial charge is 0.174 e. The van der Waals surface area contributed by atoms with Crippen molar-refractivity contribution in [2.75, 3.05) is 4.90 Å². The summed E-state index contributed by atoms with van der Waals surface area (Å²) >= 11 is 15.5. The Kier molecular flexibility index (Phi) is 5.52. The minimum Gasteiger partial charge on any atom is -0.351 e. The molecule has 31 heavy (non-hydrogen) atoms. The van der Waals surface area contributed by atoms with Gasteiger partial charge in [-0.2, -0.15) is 0 Å². The van der Waals surface area contributed by atoms with Crippen LogP contribution in [0.5, 0.6) is 0 Å². The number of thiocarbonyl (C=S) groups is 1. The van der Waals surface area contributed by atoms with Crippen molar-refractivity contribution in [2.45, 2.75) is 12.1 Å². The van der Waals surface area contributed by atoms with Crippen molar-refractivity contribution < 1.29 is 0 Å². The number of hydrogen-bond acceptors (Lipinski definition) is 2. The molecule has 1 aliphatic rings. The predicted octanol–water partition coefficient (Wildman–Crippen LogP) is 6.47. The molecule has 3 heterocycles. The lowest BCUT2D eigenvalue weighted by Gasteiger charge is -2.29. The molecule has 7 heteroatoms. The highest BCUT2D eigenvalue weighted by Crippen LogP contribution is 2.42. The van der Waals surface area contributed by atoms with Crippen molar-refractivity contribution in [3.63, 3.8) is 0 Å². The van der Waals surface area contributed by atoms with Crippen molar-refractivity contribution in [3.05, 3.63) is 112 Å². The maximum Gasteiger partial charge on any atom is 0.174 e. The predicted molar refractivity (Wildman–Crippen MR) is 133 cm³/mol. The van der Waals surface area contributed by atoms with Crippen LogP contribution in [0.1, 0.15) is 23.5 Å². The molecule has 1 saturated heterocycles. The molecule has 0 saturated carbocycles. The van der Waals surface area contributed by atoms with E-state index < -0.39 is 0 Å². The molecule has 0 radical (unpaired) electrons. The molecule has 1 N–H and O–H groups in total. The number of nitrogens with one attached hydrogen (secondary N) is 1. The highest BCUT2D eigenvalue weighted by molar-refractivity contribution is 9.10. The number of halogens is 2. The molecule has 1 aliphatic heterocycles. The molecule has 0 spiro atoms. The second-order valence-corrected chi connectivity index (χ2v) is 8.99. The summed E-state index contributed by atoms with van der Waals surface area (Å²) in [6.45, 7) is 0. The standard InChI is InChI=1S/C24H18BrClN4S/c25-16-6-10-18(11-7-16)29-15-3-5-21(29)23-22(20-4-1-2-14-27-20)28-24(31)30(23)19-12-8-17(26)9-13-19/h1-15,22-23H,(H,28,31). The lowest BCUT2D eigenvalue weighted by atomic mass is 10.0. The summed E-state index contributed by atoms with van der Waals surface area (Å²) in [7, 11) is 0. The van der Waals surface area contributed by atoms with Crippen LogP contribution in [-0.2, 0) is 0 Å². The van der Waals surface area contributed by atoms with Crippen LogP contribution < -0.4 is 10.2 Å². The molecule has 1 fully saturated rings. The van der Waals surface area contributed by atoms with Gasteiger partial charge in [0.1, 0.15) is 6.04 Å². The molecule has 4 nitrogen and oxygen atoms in total. The minimum atomic E-state index is -0.103. The van der Waals surface area contributed by atoms with Gasteiger partial charge < -0.3 is 14.8 Å². The van der Waals surface area contributed by atoms with E-state index in [4.69, 9.17) is 23.8 Å². The molecular formula is C24H18BrClN4S. The Hall–Kier alpha value is -2.67. The minimum absolute atomic E-state index is 0.0952. The van der Waals surface area contributed by atoms with Crippen molar-refractivity contribution in [1.29, 1.82) is 0 Å². The van der Waals surface area contributed by atoms with Crippen LogP contribution in [0, 0.1) is 0 Å². The molecular weight excluding hydrogens is 492 g/mol. The average molecular weight is 510 g/mol. The number of anilines is 1. The van der Waals surface area contributed by atoms with E-state index in [0.717, 1.165) is 27.2 Å². The number of hydrogen-bond donors (Lipinski definition) is 1. The van der Waals surface area contributed by atoms with Crippen LogP contribution in [0.15, 0.2) is 95.7 Å². The van der Waals surface area contributed by atoms with Gasteiger partial charge in [0.15, 0.2) is 5.11 Å². The zero-order valence-corrected chi connectivity index (χ0v) is 19.5. The van der Waals surface area contributed by atoms with Gasteiger partial charge in [-0.1, -0.05) is 33.6 Å². The number of aromatic nitrogens is 2. The van der Waals surface area contributed by atoms with E-state index in [0.29, 0.717) is 10.1 Å². The normalized spacial score (nSPS) is 18.3. The number of pyridine rings is 1. The van der Waals surface area contributed by atoms with Gasteiger partial charge in [0.25, 0.3) is 0 Å². The molecule has 2 atom stereocenters. The molecule has 2 unspecified atom stereocenters. The summed E-state index contributed by atoms with van der Waals surface area (Å²) in [5, 5.41) is 4.85. The Bertz CT molecular complexity index is 1210. The molecule has 0 bridgehead atoms. The van der Waals surface area contributed by atoms with Gasteiger partial charge in [0.2, 0.25) is 0 Å². The largest absolute Gasteiger partial charge is 0.351 e. The Balaban J connectivity index is 1.66. The molecule has 154 valence electrons. The van der Waals surface area contributed by atoms with E-state index >= 15 is 0 Å². The van der Waals surface area contributed by atoms with E-state index in [9.17, 15) is 0 Å². The quantitative estimate of drug-likeness (QED) is 0.320. The fraction of sp³-hybridized carbons (Fsp3) is 0.0833. The monoisotopic (exact) mass is 508 g/mol. The molecule has 2 aromatic heterocycles. The third kappa shape index (κ3) is 3.87.